The molecule has 110 valence electrons. The van der Waals surface area contributed by atoms with E-state index in [9.17, 15) is 9.59 Å². The lowest BCUT2D eigenvalue weighted by molar-refractivity contribution is -0.145. The average Bonchev–Trinajstić information content (AvgIpc) is 2.74. The zero-order valence-corrected chi connectivity index (χ0v) is 12.1. The van der Waals surface area contributed by atoms with Crippen LogP contribution in [0.1, 0.15) is 18.9 Å². The van der Waals surface area contributed by atoms with Crippen LogP contribution >= 0.6 is 11.8 Å². The first-order valence-electron chi connectivity index (χ1n) is 6.27. The number of thioether (sulfide) groups is 1. The standard InChI is InChI=1S/C14H14N2O4S/c1-2-10(13(18)19)20-9-5-3-4-8(6-9)7-11-12(17)16-14(15)21-11/h3-7,10H,2H2,1H3,(H,18,19)(H2,15,16,17)/b11-7-. The Balaban J connectivity index is 2.17. The molecular formula is C14H14N2O4S. The quantitative estimate of drug-likeness (QED) is 0.805. The highest BCUT2D eigenvalue weighted by atomic mass is 32.2. The molecule has 7 heteroatoms. The smallest absolute Gasteiger partial charge is 0.344 e. The van der Waals surface area contributed by atoms with Gasteiger partial charge in [0.25, 0.3) is 5.91 Å². The molecule has 6 nitrogen and oxygen atoms in total. The normalized spacial score (nSPS) is 17.7. The highest BCUT2D eigenvalue weighted by Crippen LogP contribution is 2.27. The summed E-state index contributed by atoms with van der Waals surface area (Å²) >= 11 is 1.10. The Hall–Kier alpha value is -2.28. The topological polar surface area (TPSA) is 102 Å². The summed E-state index contributed by atoms with van der Waals surface area (Å²) in [5, 5.41) is 9.20. The first-order chi connectivity index (χ1) is 9.99. The van der Waals surface area contributed by atoms with E-state index in [4.69, 9.17) is 15.6 Å². The van der Waals surface area contributed by atoms with Crippen molar-refractivity contribution in [2.45, 2.75) is 19.4 Å². The Labute approximate surface area is 125 Å². The minimum absolute atomic E-state index is 0.218. The number of ether oxygens (including phenoxy) is 1. The zero-order valence-electron chi connectivity index (χ0n) is 11.3. The highest BCUT2D eigenvalue weighted by Gasteiger charge is 2.20. The van der Waals surface area contributed by atoms with Crippen LogP contribution in [0.3, 0.4) is 0 Å². The lowest BCUT2D eigenvalue weighted by atomic mass is 10.2. The SMILES string of the molecule is CCC(Oc1cccc(/C=C2\SC(N)=NC2=O)c1)C(=O)O. The van der Waals surface area contributed by atoms with Crippen LogP contribution in [-0.2, 0) is 9.59 Å². The van der Waals surface area contributed by atoms with Crippen molar-refractivity contribution in [2.75, 3.05) is 0 Å². The third-order valence-electron chi connectivity index (χ3n) is 2.72. The molecule has 1 atom stereocenters. The molecule has 3 N–H and O–H groups in total. The fraction of sp³-hybridized carbons (Fsp3) is 0.214. The van der Waals surface area contributed by atoms with Gasteiger partial charge < -0.3 is 15.6 Å². The minimum atomic E-state index is -1.01. The summed E-state index contributed by atoms with van der Waals surface area (Å²) < 4.78 is 5.40. The van der Waals surface area contributed by atoms with Crippen LogP contribution in [0.4, 0.5) is 0 Å². The fourth-order valence-electron chi connectivity index (χ4n) is 1.73. The molecule has 1 aromatic carbocycles. The van der Waals surface area contributed by atoms with E-state index in [0.717, 1.165) is 11.8 Å². The van der Waals surface area contributed by atoms with E-state index in [0.29, 0.717) is 22.6 Å². The predicted octanol–water partition coefficient (Wildman–Crippen LogP) is 1.86. The number of rotatable bonds is 5. The molecule has 1 aliphatic rings. The Morgan fingerprint density at radius 3 is 2.90 bits per heavy atom. The van der Waals surface area contributed by atoms with Gasteiger partial charge in [-0.25, -0.2) is 4.79 Å². The van der Waals surface area contributed by atoms with E-state index in [-0.39, 0.29) is 11.1 Å². The molecule has 0 saturated carbocycles. The number of aliphatic carboxylic acids is 1. The van der Waals surface area contributed by atoms with E-state index in [1.807, 2.05) is 0 Å². The molecule has 0 saturated heterocycles. The maximum absolute atomic E-state index is 11.5. The number of nitrogens with two attached hydrogens (primary N) is 1. The number of aliphatic imine (C=N–C) groups is 1. The largest absolute Gasteiger partial charge is 0.479 e. The van der Waals surface area contributed by atoms with Gasteiger partial charge >= 0.3 is 5.97 Å². The monoisotopic (exact) mass is 306 g/mol. The molecular weight excluding hydrogens is 292 g/mol. The summed E-state index contributed by atoms with van der Waals surface area (Å²) in [6.45, 7) is 1.73. The van der Waals surface area contributed by atoms with Crippen LogP contribution in [0.2, 0.25) is 0 Å². The number of carbonyl (C=O) groups is 2. The van der Waals surface area contributed by atoms with Crippen LogP contribution in [0, 0.1) is 0 Å². The maximum Gasteiger partial charge on any atom is 0.344 e. The number of carbonyl (C=O) groups excluding carboxylic acids is 1. The Morgan fingerprint density at radius 2 is 2.33 bits per heavy atom. The molecule has 0 aromatic heterocycles. The zero-order chi connectivity index (χ0) is 15.4. The van der Waals surface area contributed by atoms with Gasteiger partial charge in [-0.05, 0) is 42.0 Å². The number of hydrogen-bond acceptors (Lipinski definition) is 5. The molecule has 0 aliphatic carbocycles. The van der Waals surface area contributed by atoms with Crippen molar-refractivity contribution >= 4 is 34.9 Å². The van der Waals surface area contributed by atoms with Gasteiger partial charge in [0, 0.05) is 0 Å². The van der Waals surface area contributed by atoms with Gasteiger partial charge in [0.2, 0.25) is 0 Å². The molecule has 1 unspecified atom stereocenters. The number of nitrogens with zero attached hydrogens (tertiary/aromatic N) is 1. The fourth-order valence-corrected chi connectivity index (χ4v) is 2.41. The Kier molecular flexibility index (Phi) is 4.64. The van der Waals surface area contributed by atoms with E-state index >= 15 is 0 Å². The van der Waals surface area contributed by atoms with E-state index in [1.54, 1.807) is 37.3 Å². The van der Waals surface area contributed by atoms with E-state index in [2.05, 4.69) is 4.99 Å². The second-order valence-corrected chi connectivity index (χ2v) is 5.35. The summed E-state index contributed by atoms with van der Waals surface area (Å²) in [7, 11) is 0. The van der Waals surface area contributed by atoms with Crippen LogP contribution < -0.4 is 10.5 Å². The summed E-state index contributed by atoms with van der Waals surface area (Å²) in [6, 6.07) is 6.84. The van der Waals surface area contributed by atoms with Crippen LogP contribution in [0.25, 0.3) is 6.08 Å². The van der Waals surface area contributed by atoms with E-state index < -0.39 is 12.1 Å². The molecule has 1 amide bonds. The molecule has 0 fully saturated rings. The number of carboxylic acid groups (broad SMARTS) is 1. The molecule has 1 aliphatic heterocycles. The maximum atomic E-state index is 11.5. The molecule has 1 aromatic rings. The average molecular weight is 306 g/mol. The first-order valence-corrected chi connectivity index (χ1v) is 7.09. The Bertz CT molecular complexity index is 640. The van der Waals surface area contributed by atoms with Crippen molar-refractivity contribution in [2.24, 2.45) is 10.7 Å². The second-order valence-electron chi connectivity index (χ2n) is 4.29. The van der Waals surface area contributed by atoms with Crippen molar-refractivity contribution in [3.63, 3.8) is 0 Å². The van der Waals surface area contributed by atoms with Gasteiger partial charge in [-0.1, -0.05) is 19.1 Å². The van der Waals surface area contributed by atoms with Gasteiger partial charge in [0.1, 0.15) is 5.75 Å². The number of amidine groups is 1. The van der Waals surface area contributed by atoms with Gasteiger partial charge in [-0.15, -0.1) is 0 Å². The number of amides is 1. The molecule has 0 spiro atoms. The summed E-state index contributed by atoms with van der Waals surface area (Å²) in [5.41, 5.74) is 6.19. The van der Waals surface area contributed by atoms with Gasteiger partial charge in [0.05, 0.1) is 4.91 Å². The Morgan fingerprint density at radius 1 is 1.57 bits per heavy atom. The number of carboxylic acids is 1. The van der Waals surface area contributed by atoms with Crippen molar-refractivity contribution in [3.8, 4) is 5.75 Å². The second kappa shape index (κ2) is 6.45. The van der Waals surface area contributed by atoms with Gasteiger partial charge in [0.15, 0.2) is 11.3 Å². The van der Waals surface area contributed by atoms with Gasteiger partial charge in [-0.3, -0.25) is 4.79 Å². The minimum Gasteiger partial charge on any atom is -0.479 e. The lowest BCUT2D eigenvalue weighted by Gasteiger charge is -2.13. The summed E-state index contributed by atoms with van der Waals surface area (Å²) in [5.74, 6) is -0.951. The van der Waals surface area contributed by atoms with Crippen LogP contribution in [0.5, 0.6) is 5.75 Å². The van der Waals surface area contributed by atoms with E-state index in [1.165, 1.54) is 0 Å². The van der Waals surface area contributed by atoms with Crippen molar-refractivity contribution in [3.05, 3.63) is 34.7 Å². The van der Waals surface area contributed by atoms with Crippen molar-refractivity contribution in [1.82, 2.24) is 0 Å². The highest BCUT2D eigenvalue weighted by molar-refractivity contribution is 8.18. The van der Waals surface area contributed by atoms with Gasteiger partial charge in [-0.2, -0.15) is 4.99 Å². The predicted molar refractivity (Wildman–Crippen MR) is 81.0 cm³/mol. The molecule has 0 bridgehead atoms. The third-order valence-corrected chi connectivity index (χ3v) is 3.53. The number of benzene rings is 1. The van der Waals surface area contributed by atoms with Crippen molar-refractivity contribution in [1.29, 1.82) is 0 Å². The lowest BCUT2D eigenvalue weighted by Crippen LogP contribution is -2.25. The molecule has 21 heavy (non-hydrogen) atoms. The third kappa shape index (κ3) is 3.85. The first kappa shape index (κ1) is 15.1. The van der Waals surface area contributed by atoms with Crippen LogP contribution in [-0.4, -0.2) is 28.3 Å². The molecule has 2 rings (SSSR count). The van der Waals surface area contributed by atoms with Crippen molar-refractivity contribution < 1.29 is 19.4 Å². The summed E-state index contributed by atoms with van der Waals surface area (Å²) in [4.78, 5) is 26.5. The summed E-state index contributed by atoms with van der Waals surface area (Å²) in [6.07, 6.45) is 1.11. The van der Waals surface area contributed by atoms with Crippen LogP contribution in [0.15, 0.2) is 34.2 Å². The molecule has 0 radical (unpaired) electrons. The number of hydrogen-bond donors (Lipinski definition) is 2. The molecule has 1 heterocycles.